The Morgan fingerprint density at radius 3 is 2.42 bits per heavy atom. The maximum absolute atomic E-state index is 12.5. The van der Waals surface area contributed by atoms with Gasteiger partial charge in [0.25, 0.3) is 0 Å². The van der Waals surface area contributed by atoms with E-state index >= 15 is 0 Å². The molecule has 0 aliphatic carbocycles. The van der Waals surface area contributed by atoms with Crippen molar-refractivity contribution in [2.45, 2.75) is 19.8 Å². The van der Waals surface area contributed by atoms with Crippen LogP contribution in [-0.2, 0) is 19.1 Å². The molecule has 0 radical (unpaired) electrons. The number of hydrogen-bond donors (Lipinski definition) is 0. The van der Waals surface area contributed by atoms with E-state index in [1.54, 1.807) is 26.0 Å². The third kappa shape index (κ3) is 2.92. The van der Waals surface area contributed by atoms with E-state index in [4.69, 9.17) is 30.5 Å². The molecule has 0 bridgehead atoms. The number of methoxy groups -OCH3 is 2. The number of halogens is 1. The smallest absolute Gasteiger partial charge is 0.336 e. The van der Waals surface area contributed by atoms with E-state index in [0.717, 1.165) is 0 Å². The third-order valence-corrected chi connectivity index (χ3v) is 4.84. The molecule has 0 saturated heterocycles. The third-order valence-electron chi connectivity index (χ3n) is 4.52. The molecule has 2 aliphatic heterocycles. The van der Waals surface area contributed by atoms with Crippen molar-refractivity contribution < 1.29 is 28.5 Å². The van der Waals surface area contributed by atoms with Crippen molar-refractivity contribution >= 4 is 29.3 Å². The summed E-state index contributed by atoms with van der Waals surface area (Å²) >= 11 is 6.46. The van der Waals surface area contributed by atoms with Crippen molar-refractivity contribution in [3.63, 3.8) is 0 Å². The molecule has 0 aromatic heterocycles. The van der Waals surface area contributed by atoms with E-state index in [1.165, 1.54) is 14.2 Å². The summed E-state index contributed by atoms with van der Waals surface area (Å²) in [7, 11) is 2.57. The fourth-order valence-electron chi connectivity index (χ4n) is 3.35. The molecule has 0 N–H and O–H groups in total. The molecular formula is C18H18ClNO6. The first kappa shape index (κ1) is 18.3. The topological polar surface area (TPSA) is 83.4 Å². The molecule has 1 aromatic rings. The zero-order chi connectivity index (χ0) is 19.0. The van der Waals surface area contributed by atoms with Gasteiger partial charge in [0.2, 0.25) is 6.79 Å². The molecule has 7 nitrogen and oxygen atoms in total. The van der Waals surface area contributed by atoms with Crippen LogP contribution in [0.15, 0.2) is 28.4 Å². The number of esters is 2. The minimum Gasteiger partial charge on any atom is -0.468 e. The molecule has 138 valence electrons. The van der Waals surface area contributed by atoms with Crippen LogP contribution in [0.25, 0.3) is 0 Å². The Kier molecular flexibility index (Phi) is 4.91. The lowest BCUT2D eigenvalue weighted by Crippen LogP contribution is -2.36. The van der Waals surface area contributed by atoms with Crippen LogP contribution in [0, 0.1) is 5.92 Å². The van der Waals surface area contributed by atoms with Crippen LogP contribution in [0.2, 0.25) is 5.02 Å². The SMILES string of the molecule is COC(=O)C1=C(C)N=C(C)C(C(=O)OC)C1c1cc2c(cc1Cl)OCO2. The Hall–Kier alpha value is -2.54. The highest BCUT2D eigenvalue weighted by atomic mass is 35.5. The lowest BCUT2D eigenvalue weighted by molar-refractivity contribution is -0.143. The van der Waals surface area contributed by atoms with Gasteiger partial charge in [-0.3, -0.25) is 9.79 Å². The molecule has 0 spiro atoms. The summed E-state index contributed by atoms with van der Waals surface area (Å²) in [4.78, 5) is 29.3. The quantitative estimate of drug-likeness (QED) is 0.751. The van der Waals surface area contributed by atoms with Crippen LogP contribution in [0.1, 0.15) is 25.3 Å². The number of hydrogen-bond acceptors (Lipinski definition) is 7. The summed E-state index contributed by atoms with van der Waals surface area (Å²) in [5, 5.41) is 0.344. The average molecular weight is 380 g/mol. The first-order chi connectivity index (χ1) is 12.4. The Morgan fingerprint density at radius 2 is 1.81 bits per heavy atom. The van der Waals surface area contributed by atoms with Gasteiger partial charge in [0.15, 0.2) is 11.5 Å². The van der Waals surface area contributed by atoms with Crippen LogP contribution in [-0.4, -0.2) is 38.7 Å². The van der Waals surface area contributed by atoms with E-state index in [2.05, 4.69) is 4.99 Å². The van der Waals surface area contributed by atoms with E-state index in [0.29, 0.717) is 33.5 Å². The van der Waals surface area contributed by atoms with Crippen molar-refractivity contribution in [1.29, 1.82) is 0 Å². The van der Waals surface area contributed by atoms with Gasteiger partial charge in [-0.25, -0.2) is 4.79 Å². The van der Waals surface area contributed by atoms with Gasteiger partial charge in [-0.05, 0) is 25.5 Å². The Bertz CT molecular complexity index is 844. The highest BCUT2D eigenvalue weighted by Crippen LogP contribution is 2.46. The largest absolute Gasteiger partial charge is 0.468 e. The molecule has 0 saturated carbocycles. The standard InChI is InChI=1S/C18H18ClNO6/c1-8-14(17(21)23-3)16(15(9(2)20-8)18(22)24-4)10-5-12-13(6-11(10)19)26-7-25-12/h5-6,14,16H,7H2,1-4H3. The van der Waals surface area contributed by atoms with E-state index in [-0.39, 0.29) is 12.4 Å². The fourth-order valence-corrected chi connectivity index (χ4v) is 3.62. The normalized spacial score (nSPS) is 21.3. The number of nitrogens with zero attached hydrogens (tertiary/aromatic N) is 1. The summed E-state index contributed by atoms with van der Waals surface area (Å²) < 4.78 is 20.6. The van der Waals surface area contributed by atoms with Gasteiger partial charge in [0.05, 0.1) is 19.8 Å². The molecule has 26 heavy (non-hydrogen) atoms. The number of carbonyl (C=O) groups is 2. The second-order valence-electron chi connectivity index (χ2n) is 5.95. The van der Waals surface area contributed by atoms with Crippen molar-refractivity contribution in [2.24, 2.45) is 10.9 Å². The van der Waals surface area contributed by atoms with Gasteiger partial charge >= 0.3 is 11.9 Å². The molecule has 2 unspecified atom stereocenters. The molecule has 2 aliphatic rings. The molecule has 2 atom stereocenters. The van der Waals surface area contributed by atoms with Crippen molar-refractivity contribution in [2.75, 3.05) is 21.0 Å². The Balaban J connectivity index is 2.23. The lowest BCUT2D eigenvalue weighted by Gasteiger charge is -2.31. The Morgan fingerprint density at radius 1 is 1.15 bits per heavy atom. The molecule has 1 aromatic carbocycles. The van der Waals surface area contributed by atoms with Gasteiger partial charge < -0.3 is 18.9 Å². The van der Waals surface area contributed by atoms with Gasteiger partial charge in [-0.1, -0.05) is 11.6 Å². The number of carbonyl (C=O) groups excluding carboxylic acids is 2. The summed E-state index contributed by atoms with van der Waals surface area (Å²) in [6.45, 7) is 3.49. The van der Waals surface area contributed by atoms with Gasteiger partial charge in [-0.15, -0.1) is 0 Å². The summed E-state index contributed by atoms with van der Waals surface area (Å²) in [5.74, 6) is -1.61. The summed E-state index contributed by atoms with van der Waals surface area (Å²) in [6, 6.07) is 3.29. The van der Waals surface area contributed by atoms with Gasteiger partial charge in [0, 0.05) is 28.4 Å². The number of allylic oxidation sites excluding steroid dienone is 1. The monoisotopic (exact) mass is 379 g/mol. The molecule has 0 fully saturated rings. The predicted octanol–water partition coefficient (Wildman–Crippen LogP) is 2.86. The van der Waals surface area contributed by atoms with Crippen molar-refractivity contribution in [3.05, 3.63) is 34.0 Å². The zero-order valence-corrected chi connectivity index (χ0v) is 15.5. The summed E-state index contributed by atoms with van der Waals surface area (Å²) in [6.07, 6.45) is 0. The van der Waals surface area contributed by atoms with Crippen LogP contribution in [0.5, 0.6) is 11.5 Å². The number of aliphatic imine (C=N–C) groups is 1. The van der Waals surface area contributed by atoms with Gasteiger partial charge in [0.1, 0.15) is 5.92 Å². The zero-order valence-electron chi connectivity index (χ0n) is 14.8. The molecule has 0 amide bonds. The predicted molar refractivity (Wildman–Crippen MR) is 93.6 cm³/mol. The van der Waals surface area contributed by atoms with Crippen molar-refractivity contribution in [3.8, 4) is 11.5 Å². The van der Waals surface area contributed by atoms with E-state index in [9.17, 15) is 9.59 Å². The van der Waals surface area contributed by atoms with Crippen LogP contribution in [0.3, 0.4) is 0 Å². The molecular weight excluding hydrogens is 362 g/mol. The maximum Gasteiger partial charge on any atom is 0.336 e. The molecule has 2 heterocycles. The Labute approximate surface area is 155 Å². The number of ether oxygens (including phenoxy) is 4. The van der Waals surface area contributed by atoms with E-state index < -0.39 is 23.8 Å². The van der Waals surface area contributed by atoms with Crippen molar-refractivity contribution in [1.82, 2.24) is 0 Å². The fraction of sp³-hybridized carbons (Fsp3) is 0.389. The average Bonchev–Trinajstić information content (AvgIpc) is 3.06. The number of fused-ring (bicyclic) bond motifs is 1. The van der Waals surface area contributed by atoms with E-state index in [1.807, 2.05) is 0 Å². The molecule has 8 heteroatoms. The minimum absolute atomic E-state index is 0.0828. The number of benzene rings is 1. The molecule has 3 rings (SSSR count). The first-order valence-electron chi connectivity index (χ1n) is 7.90. The minimum atomic E-state index is -0.810. The van der Waals surface area contributed by atoms with Crippen LogP contribution >= 0.6 is 11.6 Å². The maximum atomic E-state index is 12.5. The first-order valence-corrected chi connectivity index (χ1v) is 8.28. The van der Waals surface area contributed by atoms with Gasteiger partial charge in [-0.2, -0.15) is 0 Å². The lowest BCUT2D eigenvalue weighted by atomic mass is 9.75. The second-order valence-corrected chi connectivity index (χ2v) is 6.36. The van der Waals surface area contributed by atoms with Crippen LogP contribution in [0.4, 0.5) is 0 Å². The highest BCUT2D eigenvalue weighted by molar-refractivity contribution is 6.32. The number of rotatable bonds is 3. The second kappa shape index (κ2) is 6.99. The highest BCUT2D eigenvalue weighted by Gasteiger charge is 2.43. The summed E-state index contributed by atoms with van der Waals surface area (Å²) in [5.41, 5.74) is 1.79. The van der Waals surface area contributed by atoms with Crippen LogP contribution < -0.4 is 9.47 Å².